The minimum absolute atomic E-state index is 0.0667. The van der Waals surface area contributed by atoms with Gasteiger partial charge in [0.2, 0.25) is 17.7 Å². The highest BCUT2D eigenvalue weighted by Crippen LogP contribution is 2.35. The Balaban J connectivity index is 1.69. The lowest BCUT2D eigenvalue weighted by Crippen LogP contribution is -2.43. The van der Waals surface area contributed by atoms with Gasteiger partial charge < -0.3 is 5.32 Å². The van der Waals surface area contributed by atoms with Crippen molar-refractivity contribution in [2.24, 2.45) is 17.8 Å². The van der Waals surface area contributed by atoms with Crippen molar-refractivity contribution in [1.82, 2.24) is 10.2 Å². The SMILES string of the molecule is CC(C)C(NC(=O)CN1C(=O)C2CC=CCC2C1=O)c1ccc(C(C)(C)C)cc1. The van der Waals surface area contributed by atoms with Crippen LogP contribution in [-0.2, 0) is 19.8 Å². The lowest BCUT2D eigenvalue weighted by Gasteiger charge is -2.26. The van der Waals surface area contributed by atoms with Gasteiger partial charge in [-0.2, -0.15) is 0 Å². The first-order valence-electron chi connectivity index (χ1n) is 10.5. The summed E-state index contributed by atoms with van der Waals surface area (Å²) in [5, 5.41) is 3.04. The van der Waals surface area contributed by atoms with Crippen molar-refractivity contribution in [1.29, 1.82) is 0 Å². The van der Waals surface area contributed by atoms with Gasteiger partial charge in [0, 0.05) is 0 Å². The molecule has 5 heteroatoms. The maximum Gasteiger partial charge on any atom is 0.240 e. The van der Waals surface area contributed by atoms with Crippen molar-refractivity contribution in [3.05, 3.63) is 47.5 Å². The standard InChI is InChI=1S/C24H32N2O3/c1-15(2)21(16-10-12-17(13-11-16)24(3,4)5)25-20(27)14-26-22(28)18-8-6-7-9-19(18)23(26)29/h6-7,10-13,15,18-19,21H,8-9,14H2,1-5H3,(H,25,27). The van der Waals surface area contributed by atoms with Crippen LogP contribution < -0.4 is 5.32 Å². The quantitative estimate of drug-likeness (QED) is 0.609. The lowest BCUT2D eigenvalue weighted by molar-refractivity contribution is -0.143. The Morgan fingerprint density at radius 3 is 2.00 bits per heavy atom. The molecule has 0 radical (unpaired) electrons. The summed E-state index contributed by atoms with van der Waals surface area (Å²) < 4.78 is 0. The maximum atomic E-state index is 12.7. The van der Waals surface area contributed by atoms with Crippen molar-refractivity contribution >= 4 is 17.7 Å². The molecule has 3 unspecified atom stereocenters. The largest absolute Gasteiger partial charge is 0.347 e. The maximum absolute atomic E-state index is 12.7. The predicted molar refractivity (Wildman–Crippen MR) is 113 cm³/mol. The first-order valence-corrected chi connectivity index (χ1v) is 10.5. The van der Waals surface area contributed by atoms with E-state index in [-0.39, 0.29) is 53.5 Å². The van der Waals surface area contributed by atoms with Gasteiger partial charge in [0.1, 0.15) is 6.54 Å². The summed E-state index contributed by atoms with van der Waals surface area (Å²) in [5.41, 5.74) is 2.33. The fraction of sp³-hybridized carbons (Fsp3) is 0.542. The number of nitrogens with one attached hydrogen (secondary N) is 1. The van der Waals surface area contributed by atoms with Gasteiger partial charge in [-0.3, -0.25) is 19.3 Å². The van der Waals surface area contributed by atoms with Crippen molar-refractivity contribution in [3.8, 4) is 0 Å². The Morgan fingerprint density at radius 1 is 1.03 bits per heavy atom. The molecule has 0 aromatic heterocycles. The summed E-state index contributed by atoms with van der Waals surface area (Å²) in [4.78, 5) is 39.1. The van der Waals surface area contributed by atoms with Crippen LogP contribution in [0.3, 0.4) is 0 Å². The Bertz CT molecular complexity index is 792. The van der Waals surface area contributed by atoms with E-state index in [1.165, 1.54) is 5.56 Å². The van der Waals surface area contributed by atoms with E-state index in [9.17, 15) is 14.4 Å². The molecule has 1 aromatic rings. The van der Waals surface area contributed by atoms with Crippen LogP contribution in [0.15, 0.2) is 36.4 Å². The van der Waals surface area contributed by atoms with Crippen molar-refractivity contribution < 1.29 is 14.4 Å². The number of imide groups is 1. The zero-order chi connectivity index (χ0) is 21.3. The van der Waals surface area contributed by atoms with Crippen molar-refractivity contribution in [3.63, 3.8) is 0 Å². The van der Waals surface area contributed by atoms with Gasteiger partial charge in [0.15, 0.2) is 0 Å². The number of likely N-dealkylation sites (tertiary alicyclic amines) is 1. The zero-order valence-electron chi connectivity index (χ0n) is 18.1. The Morgan fingerprint density at radius 2 is 1.55 bits per heavy atom. The third-order valence-electron chi connectivity index (χ3n) is 6.02. The van der Waals surface area contributed by atoms with E-state index in [4.69, 9.17) is 0 Å². The van der Waals surface area contributed by atoms with Crippen LogP contribution in [0.2, 0.25) is 0 Å². The van der Waals surface area contributed by atoms with E-state index in [1.54, 1.807) is 0 Å². The van der Waals surface area contributed by atoms with Gasteiger partial charge in [0.05, 0.1) is 17.9 Å². The molecule has 3 atom stereocenters. The van der Waals surface area contributed by atoms with Crippen LogP contribution in [-0.4, -0.2) is 29.2 Å². The van der Waals surface area contributed by atoms with Crippen LogP contribution in [0.4, 0.5) is 0 Å². The number of carbonyl (C=O) groups is 3. The third-order valence-corrected chi connectivity index (χ3v) is 6.02. The average Bonchev–Trinajstić information content (AvgIpc) is 2.90. The van der Waals surface area contributed by atoms with Gasteiger partial charge >= 0.3 is 0 Å². The van der Waals surface area contributed by atoms with Crippen LogP contribution in [0, 0.1) is 17.8 Å². The second kappa shape index (κ2) is 8.13. The Hall–Kier alpha value is -2.43. The normalized spacial score (nSPS) is 22.8. The number of amides is 3. The number of carbonyl (C=O) groups excluding carboxylic acids is 3. The van der Waals surface area contributed by atoms with Gasteiger partial charge in [-0.25, -0.2) is 0 Å². The third kappa shape index (κ3) is 4.44. The molecule has 1 N–H and O–H groups in total. The van der Waals surface area contributed by atoms with Gasteiger partial charge in [0.25, 0.3) is 0 Å². The summed E-state index contributed by atoms with van der Waals surface area (Å²) in [5.74, 6) is -1.14. The average molecular weight is 397 g/mol. The molecule has 2 aliphatic rings. The highest BCUT2D eigenvalue weighted by Gasteiger charge is 2.47. The molecule has 29 heavy (non-hydrogen) atoms. The number of hydrogen-bond acceptors (Lipinski definition) is 3. The summed E-state index contributed by atoms with van der Waals surface area (Å²) >= 11 is 0. The monoisotopic (exact) mass is 396 g/mol. The van der Waals surface area contributed by atoms with Crippen LogP contribution in [0.25, 0.3) is 0 Å². The lowest BCUT2D eigenvalue weighted by atomic mass is 9.85. The number of fused-ring (bicyclic) bond motifs is 1. The second-order valence-electron chi connectivity index (χ2n) is 9.58. The van der Waals surface area contributed by atoms with Crippen LogP contribution in [0.5, 0.6) is 0 Å². The van der Waals surface area contributed by atoms with Crippen LogP contribution >= 0.6 is 0 Å². The Kier molecular flexibility index (Phi) is 5.97. The molecule has 1 aromatic carbocycles. The molecule has 1 saturated heterocycles. The second-order valence-corrected chi connectivity index (χ2v) is 9.58. The molecule has 0 spiro atoms. The molecule has 1 aliphatic carbocycles. The van der Waals surface area contributed by atoms with Crippen LogP contribution in [0.1, 0.15) is 64.6 Å². The van der Waals surface area contributed by atoms with Crippen molar-refractivity contribution in [2.45, 2.75) is 58.9 Å². The number of benzene rings is 1. The van der Waals surface area contributed by atoms with Crippen molar-refractivity contribution in [2.75, 3.05) is 6.54 Å². The van der Waals surface area contributed by atoms with E-state index in [1.807, 2.05) is 12.2 Å². The first-order chi connectivity index (χ1) is 13.6. The van der Waals surface area contributed by atoms with E-state index in [0.717, 1.165) is 10.5 Å². The molecule has 1 fully saturated rings. The predicted octanol–water partition coefficient (Wildman–Crippen LogP) is 3.75. The molecule has 1 aliphatic heterocycles. The highest BCUT2D eigenvalue weighted by atomic mass is 16.2. The molecule has 1 heterocycles. The molecule has 3 rings (SSSR count). The topological polar surface area (TPSA) is 66.5 Å². The van der Waals surface area contributed by atoms with Gasteiger partial charge in [-0.05, 0) is 35.3 Å². The minimum atomic E-state index is -0.300. The van der Waals surface area contributed by atoms with E-state index < -0.39 is 0 Å². The smallest absolute Gasteiger partial charge is 0.240 e. The first kappa shape index (κ1) is 21.3. The number of allylic oxidation sites excluding steroid dienone is 2. The zero-order valence-corrected chi connectivity index (χ0v) is 18.1. The molecule has 5 nitrogen and oxygen atoms in total. The minimum Gasteiger partial charge on any atom is -0.347 e. The van der Waals surface area contributed by atoms with E-state index in [2.05, 4.69) is 64.2 Å². The summed E-state index contributed by atoms with van der Waals surface area (Å²) in [7, 11) is 0. The molecule has 156 valence electrons. The summed E-state index contributed by atoms with van der Waals surface area (Å²) in [6.45, 7) is 10.4. The number of rotatable bonds is 5. The van der Waals surface area contributed by atoms with E-state index >= 15 is 0 Å². The van der Waals surface area contributed by atoms with Gasteiger partial charge in [-0.15, -0.1) is 0 Å². The number of hydrogen-bond donors (Lipinski definition) is 1. The molecule has 0 saturated carbocycles. The summed E-state index contributed by atoms with van der Waals surface area (Å²) in [6, 6.07) is 8.13. The van der Waals surface area contributed by atoms with E-state index in [0.29, 0.717) is 12.8 Å². The van der Waals surface area contributed by atoms with Gasteiger partial charge in [-0.1, -0.05) is 71.0 Å². The molecular formula is C24H32N2O3. The fourth-order valence-corrected chi connectivity index (χ4v) is 4.21. The summed E-state index contributed by atoms with van der Waals surface area (Å²) in [6.07, 6.45) is 5.07. The highest BCUT2D eigenvalue weighted by molar-refractivity contribution is 6.07. The molecule has 3 amide bonds. The molecular weight excluding hydrogens is 364 g/mol. The Labute approximate surface area is 173 Å². The number of nitrogens with zero attached hydrogens (tertiary/aromatic N) is 1. The molecule has 0 bridgehead atoms. The fourth-order valence-electron chi connectivity index (χ4n) is 4.21.